The van der Waals surface area contributed by atoms with Crippen LogP contribution in [0.15, 0.2) is 54.9 Å². The van der Waals surface area contributed by atoms with Crippen molar-refractivity contribution >= 4 is 17.4 Å². The number of benzene rings is 1. The standard InChI is InChI=1S/C17H15ClN4/c1-12-21-16(14-3-2-8-19-11-14)9-17(22-12)20-10-13-4-6-15(18)7-5-13/h2-9,11H,10H2,1H3,(H,20,21,22). The van der Waals surface area contributed by atoms with Crippen LogP contribution in [0.25, 0.3) is 11.3 Å². The van der Waals surface area contributed by atoms with Crippen molar-refractivity contribution in [2.75, 3.05) is 5.32 Å². The number of hydrogen-bond donors (Lipinski definition) is 1. The molecule has 3 aromatic rings. The third kappa shape index (κ3) is 3.59. The molecule has 1 aromatic carbocycles. The van der Waals surface area contributed by atoms with E-state index in [-0.39, 0.29) is 0 Å². The zero-order valence-corrected chi connectivity index (χ0v) is 12.9. The zero-order valence-electron chi connectivity index (χ0n) is 12.1. The van der Waals surface area contributed by atoms with Gasteiger partial charge in [0, 0.05) is 35.6 Å². The number of hydrogen-bond acceptors (Lipinski definition) is 4. The quantitative estimate of drug-likeness (QED) is 0.788. The molecule has 2 aromatic heterocycles. The Morgan fingerprint density at radius 2 is 1.91 bits per heavy atom. The number of rotatable bonds is 4. The summed E-state index contributed by atoms with van der Waals surface area (Å²) in [5, 5.41) is 4.05. The molecule has 0 bridgehead atoms. The third-order valence-electron chi connectivity index (χ3n) is 3.18. The Labute approximate surface area is 134 Å². The second-order valence-electron chi connectivity index (χ2n) is 4.91. The van der Waals surface area contributed by atoms with Crippen LogP contribution in [0.3, 0.4) is 0 Å². The van der Waals surface area contributed by atoms with Gasteiger partial charge in [-0.15, -0.1) is 0 Å². The predicted molar refractivity (Wildman–Crippen MR) is 88.8 cm³/mol. The molecule has 5 heteroatoms. The molecule has 0 unspecified atom stereocenters. The zero-order chi connectivity index (χ0) is 15.4. The molecule has 0 aliphatic rings. The van der Waals surface area contributed by atoms with Gasteiger partial charge < -0.3 is 5.32 Å². The largest absolute Gasteiger partial charge is 0.366 e. The first kappa shape index (κ1) is 14.5. The summed E-state index contributed by atoms with van der Waals surface area (Å²) in [6.07, 6.45) is 3.54. The molecular formula is C17H15ClN4. The first-order valence-corrected chi connectivity index (χ1v) is 7.33. The van der Waals surface area contributed by atoms with E-state index >= 15 is 0 Å². The van der Waals surface area contributed by atoms with Crippen molar-refractivity contribution in [3.05, 3.63) is 71.3 Å². The summed E-state index contributed by atoms with van der Waals surface area (Å²) >= 11 is 5.89. The molecule has 4 nitrogen and oxygen atoms in total. The van der Waals surface area contributed by atoms with Gasteiger partial charge in [-0.25, -0.2) is 9.97 Å². The molecule has 110 valence electrons. The molecule has 0 radical (unpaired) electrons. The molecule has 0 amide bonds. The molecule has 0 atom stereocenters. The van der Waals surface area contributed by atoms with Crippen LogP contribution in [0, 0.1) is 6.92 Å². The van der Waals surface area contributed by atoms with Crippen molar-refractivity contribution in [3.8, 4) is 11.3 Å². The van der Waals surface area contributed by atoms with Gasteiger partial charge in [-0.1, -0.05) is 23.7 Å². The van der Waals surface area contributed by atoms with Crippen LogP contribution in [-0.2, 0) is 6.54 Å². The minimum absolute atomic E-state index is 0.681. The Morgan fingerprint density at radius 1 is 1.09 bits per heavy atom. The molecular weight excluding hydrogens is 296 g/mol. The molecule has 0 saturated heterocycles. The predicted octanol–water partition coefficient (Wildman–Crippen LogP) is 4.11. The summed E-state index contributed by atoms with van der Waals surface area (Å²) in [5.74, 6) is 1.52. The van der Waals surface area contributed by atoms with Crippen molar-refractivity contribution in [2.24, 2.45) is 0 Å². The van der Waals surface area contributed by atoms with E-state index in [0.717, 1.165) is 33.5 Å². The Balaban J connectivity index is 1.79. The molecule has 2 heterocycles. The van der Waals surface area contributed by atoms with Crippen LogP contribution < -0.4 is 5.32 Å². The van der Waals surface area contributed by atoms with Crippen LogP contribution in [0.5, 0.6) is 0 Å². The fraction of sp³-hybridized carbons (Fsp3) is 0.118. The minimum atomic E-state index is 0.681. The van der Waals surface area contributed by atoms with E-state index in [0.29, 0.717) is 6.54 Å². The second kappa shape index (κ2) is 6.54. The van der Waals surface area contributed by atoms with E-state index in [4.69, 9.17) is 11.6 Å². The van der Waals surface area contributed by atoms with Crippen LogP contribution in [0.1, 0.15) is 11.4 Å². The molecule has 1 N–H and O–H groups in total. The van der Waals surface area contributed by atoms with Crippen LogP contribution in [0.4, 0.5) is 5.82 Å². The first-order valence-electron chi connectivity index (χ1n) is 6.95. The molecule has 0 saturated carbocycles. The van der Waals surface area contributed by atoms with Gasteiger partial charge in [0.25, 0.3) is 0 Å². The van der Waals surface area contributed by atoms with Crippen molar-refractivity contribution in [3.63, 3.8) is 0 Å². The molecule has 3 rings (SSSR count). The number of aromatic nitrogens is 3. The topological polar surface area (TPSA) is 50.7 Å². The smallest absolute Gasteiger partial charge is 0.130 e. The molecule has 22 heavy (non-hydrogen) atoms. The fourth-order valence-corrected chi connectivity index (χ4v) is 2.24. The Bertz CT molecular complexity index is 757. The number of halogens is 1. The van der Waals surface area contributed by atoms with Gasteiger partial charge >= 0.3 is 0 Å². The van der Waals surface area contributed by atoms with Crippen molar-refractivity contribution < 1.29 is 0 Å². The highest BCUT2D eigenvalue weighted by molar-refractivity contribution is 6.30. The summed E-state index contributed by atoms with van der Waals surface area (Å²) in [7, 11) is 0. The summed E-state index contributed by atoms with van der Waals surface area (Å²) in [4.78, 5) is 13.0. The molecule has 0 aliphatic heterocycles. The highest BCUT2D eigenvalue weighted by Gasteiger charge is 2.04. The SMILES string of the molecule is Cc1nc(NCc2ccc(Cl)cc2)cc(-c2cccnc2)n1. The van der Waals surface area contributed by atoms with Crippen molar-refractivity contribution in [1.29, 1.82) is 0 Å². The highest BCUT2D eigenvalue weighted by atomic mass is 35.5. The lowest BCUT2D eigenvalue weighted by atomic mass is 10.2. The Morgan fingerprint density at radius 3 is 2.64 bits per heavy atom. The molecule has 0 fully saturated rings. The average Bonchev–Trinajstić information content (AvgIpc) is 2.55. The van der Waals surface area contributed by atoms with Gasteiger partial charge in [-0.2, -0.15) is 0 Å². The first-order chi connectivity index (χ1) is 10.7. The number of aryl methyl sites for hydroxylation is 1. The lowest BCUT2D eigenvalue weighted by molar-refractivity contribution is 1.03. The normalized spacial score (nSPS) is 10.5. The maximum Gasteiger partial charge on any atom is 0.130 e. The second-order valence-corrected chi connectivity index (χ2v) is 5.34. The minimum Gasteiger partial charge on any atom is -0.366 e. The van der Waals surface area contributed by atoms with E-state index in [1.54, 1.807) is 12.4 Å². The van der Waals surface area contributed by atoms with Gasteiger partial charge in [0.05, 0.1) is 5.69 Å². The van der Waals surface area contributed by atoms with Gasteiger partial charge in [0.2, 0.25) is 0 Å². The number of nitrogens with one attached hydrogen (secondary N) is 1. The summed E-state index contributed by atoms with van der Waals surface area (Å²) < 4.78 is 0. The van der Waals surface area contributed by atoms with E-state index in [2.05, 4.69) is 20.3 Å². The third-order valence-corrected chi connectivity index (χ3v) is 3.43. The van der Waals surface area contributed by atoms with Gasteiger partial charge in [0.15, 0.2) is 0 Å². The maximum absolute atomic E-state index is 5.89. The monoisotopic (exact) mass is 310 g/mol. The van der Waals surface area contributed by atoms with Crippen molar-refractivity contribution in [2.45, 2.75) is 13.5 Å². The van der Waals surface area contributed by atoms with Gasteiger partial charge in [0.1, 0.15) is 11.6 Å². The Hall–Kier alpha value is -2.46. The maximum atomic E-state index is 5.89. The van der Waals surface area contributed by atoms with E-state index in [9.17, 15) is 0 Å². The van der Waals surface area contributed by atoms with Gasteiger partial charge in [-0.05, 0) is 36.8 Å². The summed E-state index contributed by atoms with van der Waals surface area (Å²) in [5.41, 5.74) is 2.98. The highest BCUT2D eigenvalue weighted by Crippen LogP contribution is 2.19. The lowest BCUT2D eigenvalue weighted by Gasteiger charge is -2.09. The molecule has 0 spiro atoms. The van der Waals surface area contributed by atoms with Crippen LogP contribution in [-0.4, -0.2) is 15.0 Å². The summed E-state index contributed by atoms with van der Waals surface area (Å²) in [6.45, 7) is 2.56. The van der Waals surface area contributed by atoms with Gasteiger partial charge in [-0.3, -0.25) is 4.98 Å². The van der Waals surface area contributed by atoms with E-state index in [1.807, 2.05) is 49.4 Å². The number of nitrogens with zero attached hydrogens (tertiary/aromatic N) is 3. The average molecular weight is 311 g/mol. The fourth-order valence-electron chi connectivity index (χ4n) is 2.12. The van der Waals surface area contributed by atoms with Crippen LogP contribution >= 0.6 is 11.6 Å². The number of pyridine rings is 1. The van der Waals surface area contributed by atoms with E-state index < -0.39 is 0 Å². The Kier molecular flexibility index (Phi) is 4.30. The van der Waals surface area contributed by atoms with E-state index in [1.165, 1.54) is 0 Å². The summed E-state index contributed by atoms with van der Waals surface area (Å²) in [6, 6.07) is 13.6. The lowest BCUT2D eigenvalue weighted by Crippen LogP contribution is -2.04. The van der Waals surface area contributed by atoms with Crippen molar-refractivity contribution in [1.82, 2.24) is 15.0 Å². The molecule has 0 aliphatic carbocycles. The number of anilines is 1. The van der Waals surface area contributed by atoms with Crippen LogP contribution in [0.2, 0.25) is 5.02 Å².